The summed E-state index contributed by atoms with van der Waals surface area (Å²) in [7, 11) is 0. The van der Waals surface area contributed by atoms with E-state index < -0.39 is 0 Å². The number of ether oxygens (including phenoxy) is 1. The van der Waals surface area contributed by atoms with Crippen molar-refractivity contribution in [1.29, 1.82) is 0 Å². The van der Waals surface area contributed by atoms with Crippen LogP contribution in [-0.4, -0.2) is 16.0 Å². The fourth-order valence-corrected chi connectivity index (χ4v) is 2.20. The van der Waals surface area contributed by atoms with Gasteiger partial charge in [-0.25, -0.2) is 0 Å². The van der Waals surface area contributed by atoms with E-state index in [1.165, 1.54) is 0 Å². The molecular formula is C18H17N3O3. The Morgan fingerprint density at radius 1 is 1.08 bits per heavy atom. The van der Waals surface area contributed by atoms with E-state index in [9.17, 15) is 4.79 Å². The maximum Gasteiger partial charge on any atom is 0.232 e. The summed E-state index contributed by atoms with van der Waals surface area (Å²) in [5.74, 6) is 1.86. The number of benzene rings is 2. The molecule has 1 amide bonds. The Balaban J connectivity index is 1.74. The second-order valence-corrected chi connectivity index (χ2v) is 5.32. The van der Waals surface area contributed by atoms with E-state index in [1.807, 2.05) is 43.3 Å². The van der Waals surface area contributed by atoms with Crippen molar-refractivity contribution in [2.75, 3.05) is 5.32 Å². The maximum atomic E-state index is 12.2. The minimum absolute atomic E-state index is 0.0377. The van der Waals surface area contributed by atoms with Crippen molar-refractivity contribution < 1.29 is 14.1 Å². The minimum atomic E-state index is -0.239. The fourth-order valence-electron chi connectivity index (χ4n) is 2.20. The monoisotopic (exact) mass is 323 g/mol. The van der Waals surface area contributed by atoms with E-state index in [4.69, 9.17) is 9.26 Å². The number of rotatable bonds is 5. The zero-order chi connectivity index (χ0) is 16.9. The minimum Gasteiger partial charge on any atom is -0.455 e. The maximum absolute atomic E-state index is 12.2. The van der Waals surface area contributed by atoms with Gasteiger partial charge < -0.3 is 14.6 Å². The normalized spacial score (nSPS) is 10.4. The van der Waals surface area contributed by atoms with Crippen molar-refractivity contribution in [3.63, 3.8) is 0 Å². The Morgan fingerprint density at radius 3 is 2.50 bits per heavy atom. The number of carbonyl (C=O) groups is 1. The van der Waals surface area contributed by atoms with Crippen LogP contribution in [0.3, 0.4) is 0 Å². The molecule has 0 radical (unpaired) electrons. The summed E-state index contributed by atoms with van der Waals surface area (Å²) in [6.45, 7) is 3.65. The van der Waals surface area contributed by atoms with E-state index in [1.54, 1.807) is 19.1 Å². The van der Waals surface area contributed by atoms with E-state index in [0.29, 0.717) is 23.2 Å². The first-order valence-corrected chi connectivity index (χ1v) is 7.53. The number of anilines is 1. The average molecular weight is 323 g/mol. The number of nitrogens with zero attached hydrogens (tertiary/aromatic N) is 2. The van der Waals surface area contributed by atoms with Crippen LogP contribution in [0, 0.1) is 13.8 Å². The molecule has 0 saturated heterocycles. The number of nitrogens with one attached hydrogen (secondary N) is 1. The Labute approximate surface area is 139 Å². The fraction of sp³-hybridized carbons (Fsp3) is 0.167. The predicted molar refractivity (Wildman–Crippen MR) is 89.1 cm³/mol. The molecule has 3 rings (SSSR count). The molecule has 0 saturated carbocycles. The van der Waals surface area contributed by atoms with Gasteiger partial charge in [0.2, 0.25) is 11.8 Å². The SMILES string of the molecule is Cc1nc(CC(=O)Nc2ccccc2Oc2ccccc2C)no1. The number of aryl methyl sites for hydroxylation is 2. The number of aromatic nitrogens is 2. The van der Waals surface area contributed by atoms with E-state index >= 15 is 0 Å². The third kappa shape index (κ3) is 3.78. The highest BCUT2D eigenvalue weighted by Gasteiger charge is 2.12. The zero-order valence-corrected chi connectivity index (χ0v) is 13.4. The van der Waals surface area contributed by atoms with Crippen LogP contribution in [-0.2, 0) is 11.2 Å². The van der Waals surface area contributed by atoms with Crippen molar-refractivity contribution in [2.45, 2.75) is 20.3 Å². The van der Waals surface area contributed by atoms with Gasteiger partial charge in [-0.2, -0.15) is 4.98 Å². The molecule has 6 nitrogen and oxygen atoms in total. The second-order valence-electron chi connectivity index (χ2n) is 5.32. The van der Waals surface area contributed by atoms with Gasteiger partial charge in [0.25, 0.3) is 0 Å². The van der Waals surface area contributed by atoms with Crippen molar-refractivity contribution in [3.05, 3.63) is 65.8 Å². The van der Waals surface area contributed by atoms with Crippen LogP contribution in [0.25, 0.3) is 0 Å². The summed E-state index contributed by atoms with van der Waals surface area (Å²) in [6, 6.07) is 15.0. The number of carbonyl (C=O) groups excluding carboxylic acids is 1. The first-order chi connectivity index (χ1) is 11.6. The standard InChI is InChI=1S/C18H17N3O3/c1-12-7-3-5-9-15(12)23-16-10-6-4-8-14(16)20-18(22)11-17-19-13(2)24-21-17/h3-10H,11H2,1-2H3,(H,20,22). The van der Waals surface area contributed by atoms with Gasteiger partial charge in [-0.1, -0.05) is 35.5 Å². The van der Waals surface area contributed by atoms with Crippen molar-refractivity contribution >= 4 is 11.6 Å². The Kier molecular flexibility index (Phi) is 4.56. The van der Waals surface area contributed by atoms with Gasteiger partial charge in [-0.3, -0.25) is 4.79 Å². The highest BCUT2D eigenvalue weighted by Crippen LogP contribution is 2.30. The third-order valence-corrected chi connectivity index (χ3v) is 3.36. The van der Waals surface area contributed by atoms with Gasteiger partial charge in [0, 0.05) is 6.92 Å². The molecule has 0 aliphatic carbocycles. The lowest BCUT2D eigenvalue weighted by Crippen LogP contribution is -2.15. The van der Waals surface area contributed by atoms with E-state index in [0.717, 1.165) is 11.3 Å². The van der Waals surface area contributed by atoms with Crippen LogP contribution in [0.2, 0.25) is 0 Å². The van der Waals surface area contributed by atoms with Crippen LogP contribution in [0.5, 0.6) is 11.5 Å². The van der Waals surface area contributed by atoms with Gasteiger partial charge >= 0.3 is 0 Å². The zero-order valence-electron chi connectivity index (χ0n) is 13.4. The molecule has 0 unspecified atom stereocenters. The summed E-state index contributed by atoms with van der Waals surface area (Å²) >= 11 is 0. The van der Waals surface area contributed by atoms with Crippen LogP contribution >= 0.6 is 0 Å². The molecule has 0 aliphatic rings. The van der Waals surface area contributed by atoms with Gasteiger partial charge in [-0.15, -0.1) is 0 Å². The molecule has 1 heterocycles. The summed E-state index contributed by atoms with van der Waals surface area (Å²) in [5, 5.41) is 6.54. The molecule has 1 N–H and O–H groups in total. The number of amides is 1. The molecular weight excluding hydrogens is 306 g/mol. The molecule has 0 fully saturated rings. The molecule has 122 valence electrons. The molecule has 0 bridgehead atoms. The van der Waals surface area contributed by atoms with Crippen molar-refractivity contribution in [3.8, 4) is 11.5 Å². The Bertz CT molecular complexity index is 858. The molecule has 0 atom stereocenters. The molecule has 1 aromatic heterocycles. The highest BCUT2D eigenvalue weighted by atomic mass is 16.5. The van der Waals surface area contributed by atoms with E-state index in [-0.39, 0.29) is 12.3 Å². The van der Waals surface area contributed by atoms with Gasteiger partial charge in [-0.05, 0) is 30.7 Å². The average Bonchev–Trinajstić information content (AvgIpc) is 2.96. The summed E-state index contributed by atoms with van der Waals surface area (Å²) in [5.41, 5.74) is 1.60. The second kappa shape index (κ2) is 6.95. The van der Waals surface area contributed by atoms with Crippen molar-refractivity contribution in [2.24, 2.45) is 0 Å². The quantitative estimate of drug-likeness (QED) is 0.775. The highest BCUT2D eigenvalue weighted by molar-refractivity contribution is 5.93. The molecule has 24 heavy (non-hydrogen) atoms. The van der Waals surface area contributed by atoms with Gasteiger partial charge in [0.05, 0.1) is 12.1 Å². The molecule has 6 heteroatoms. The molecule has 3 aromatic rings. The number of hydrogen-bond donors (Lipinski definition) is 1. The van der Waals surface area contributed by atoms with Crippen molar-refractivity contribution in [1.82, 2.24) is 10.1 Å². The lowest BCUT2D eigenvalue weighted by Gasteiger charge is -2.13. The topological polar surface area (TPSA) is 77.2 Å². The van der Waals surface area contributed by atoms with Gasteiger partial charge in [0.15, 0.2) is 11.6 Å². The Hall–Kier alpha value is -3.15. The predicted octanol–water partition coefficient (Wildman–Crippen LogP) is 3.66. The summed E-state index contributed by atoms with van der Waals surface area (Å²) in [6.07, 6.45) is 0.0377. The number of hydrogen-bond acceptors (Lipinski definition) is 5. The third-order valence-electron chi connectivity index (χ3n) is 3.36. The van der Waals surface area contributed by atoms with Gasteiger partial charge in [0.1, 0.15) is 5.75 Å². The van der Waals surface area contributed by atoms with Crippen LogP contribution in [0.1, 0.15) is 17.3 Å². The smallest absolute Gasteiger partial charge is 0.232 e. The Morgan fingerprint density at radius 2 is 1.79 bits per heavy atom. The summed E-state index contributed by atoms with van der Waals surface area (Å²) < 4.78 is 10.8. The molecule has 0 aliphatic heterocycles. The van der Waals surface area contributed by atoms with Crippen LogP contribution in [0.15, 0.2) is 53.1 Å². The van der Waals surface area contributed by atoms with Crippen LogP contribution < -0.4 is 10.1 Å². The largest absolute Gasteiger partial charge is 0.455 e. The lowest BCUT2D eigenvalue weighted by atomic mass is 10.2. The van der Waals surface area contributed by atoms with E-state index in [2.05, 4.69) is 15.5 Å². The number of para-hydroxylation sites is 3. The first-order valence-electron chi connectivity index (χ1n) is 7.53. The summed E-state index contributed by atoms with van der Waals surface area (Å²) in [4.78, 5) is 16.2. The molecule has 0 spiro atoms. The first kappa shape index (κ1) is 15.7. The molecule has 2 aromatic carbocycles. The van der Waals surface area contributed by atoms with Crippen LogP contribution in [0.4, 0.5) is 5.69 Å². The lowest BCUT2D eigenvalue weighted by molar-refractivity contribution is -0.115.